The third kappa shape index (κ3) is 3.44. The zero-order valence-electron chi connectivity index (χ0n) is 11.6. The molecule has 18 heavy (non-hydrogen) atoms. The number of likely N-dealkylation sites (tertiary alicyclic amines) is 1. The number of nitrogens with two attached hydrogens (primary N) is 1. The molecule has 2 saturated heterocycles. The van der Waals surface area contributed by atoms with E-state index in [1.54, 1.807) is 0 Å². The molecule has 2 fully saturated rings. The summed E-state index contributed by atoms with van der Waals surface area (Å²) in [5.74, 6) is 0.484. The smallest absolute Gasteiger partial charge is 0.0546 e. The second-order valence-electron chi connectivity index (χ2n) is 6.21. The van der Waals surface area contributed by atoms with Gasteiger partial charge in [0.25, 0.3) is 0 Å². The molecule has 2 heterocycles. The SMILES string of the molecule is CC(O)C1CCN(CC2(CN)CCCOC2)CC1. The Balaban J connectivity index is 1.82. The molecule has 0 spiro atoms. The van der Waals surface area contributed by atoms with Gasteiger partial charge in [0.15, 0.2) is 0 Å². The number of hydrogen-bond donors (Lipinski definition) is 2. The van der Waals surface area contributed by atoms with Gasteiger partial charge < -0.3 is 20.5 Å². The Morgan fingerprint density at radius 1 is 1.44 bits per heavy atom. The Morgan fingerprint density at radius 2 is 2.17 bits per heavy atom. The predicted octanol–water partition coefficient (Wildman–Crippen LogP) is 0.835. The minimum atomic E-state index is -0.159. The summed E-state index contributed by atoms with van der Waals surface area (Å²) in [7, 11) is 0. The first-order valence-electron chi connectivity index (χ1n) is 7.33. The molecule has 2 aliphatic heterocycles. The molecule has 3 N–H and O–H groups in total. The number of aliphatic hydroxyl groups is 1. The molecule has 106 valence electrons. The lowest BCUT2D eigenvalue weighted by Gasteiger charge is -2.42. The van der Waals surface area contributed by atoms with Crippen molar-refractivity contribution >= 4 is 0 Å². The molecule has 2 aliphatic rings. The molecule has 0 aromatic rings. The van der Waals surface area contributed by atoms with Crippen molar-refractivity contribution in [3.63, 3.8) is 0 Å². The number of rotatable bonds is 4. The van der Waals surface area contributed by atoms with Crippen LogP contribution in [0.1, 0.15) is 32.6 Å². The van der Waals surface area contributed by atoms with Crippen molar-refractivity contribution < 1.29 is 9.84 Å². The molecule has 0 aliphatic carbocycles. The van der Waals surface area contributed by atoms with Crippen LogP contribution in [0.15, 0.2) is 0 Å². The van der Waals surface area contributed by atoms with Gasteiger partial charge in [-0.1, -0.05) is 0 Å². The lowest BCUT2D eigenvalue weighted by atomic mass is 9.81. The van der Waals surface area contributed by atoms with Crippen LogP contribution in [-0.4, -0.2) is 55.5 Å². The van der Waals surface area contributed by atoms with E-state index in [-0.39, 0.29) is 11.5 Å². The highest BCUT2D eigenvalue weighted by atomic mass is 16.5. The number of aliphatic hydroxyl groups excluding tert-OH is 1. The Hall–Kier alpha value is -0.160. The van der Waals surface area contributed by atoms with Crippen LogP contribution in [0, 0.1) is 11.3 Å². The first-order chi connectivity index (χ1) is 8.65. The van der Waals surface area contributed by atoms with E-state index in [9.17, 15) is 5.11 Å². The average molecular weight is 256 g/mol. The number of nitrogens with zero attached hydrogens (tertiary/aromatic N) is 1. The Kier molecular flexibility index (Phi) is 5.01. The minimum absolute atomic E-state index is 0.159. The topological polar surface area (TPSA) is 58.7 Å². The van der Waals surface area contributed by atoms with Gasteiger partial charge in [-0.3, -0.25) is 0 Å². The summed E-state index contributed by atoms with van der Waals surface area (Å²) in [5, 5.41) is 9.62. The molecule has 0 amide bonds. The first-order valence-corrected chi connectivity index (χ1v) is 7.33. The number of hydrogen-bond acceptors (Lipinski definition) is 4. The Morgan fingerprint density at radius 3 is 2.67 bits per heavy atom. The highest BCUT2D eigenvalue weighted by molar-refractivity contribution is 4.88. The van der Waals surface area contributed by atoms with E-state index in [0.717, 1.165) is 58.7 Å². The maximum absolute atomic E-state index is 9.62. The van der Waals surface area contributed by atoms with Crippen LogP contribution in [0.3, 0.4) is 0 Å². The van der Waals surface area contributed by atoms with Crippen LogP contribution < -0.4 is 5.73 Å². The molecule has 0 saturated carbocycles. The third-order valence-corrected chi connectivity index (χ3v) is 4.71. The van der Waals surface area contributed by atoms with Gasteiger partial charge in [0.2, 0.25) is 0 Å². The van der Waals surface area contributed by atoms with E-state index in [1.165, 1.54) is 6.42 Å². The molecule has 4 nitrogen and oxygen atoms in total. The van der Waals surface area contributed by atoms with Gasteiger partial charge in [0, 0.05) is 25.1 Å². The fourth-order valence-electron chi connectivity index (χ4n) is 3.33. The van der Waals surface area contributed by atoms with Crippen molar-refractivity contribution in [3.05, 3.63) is 0 Å². The van der Waals surface area contributed by atoms with Crippen LogP contribution in [0.5, 0.6) is 0 Å². The normalized spacial score (nSPS) is 33.5. The molecule has 0 radical (unpaired) electrons. The largest absolute Gasteiger partial charge is 0.393 e. The molecule has 2 rings (SSSR count). The van der Waals surface area contributed by atoms with E-state index in [4.69, 9.17) is 10.5 Å². The van der Waals surface area contributed by atoms with E-state index in [0.29, 0.717) is 5.92 Å². The van der Waals surface area contributed by atoms with Crippen LogP contribution in [0.25, 0.3) is 0 Å². The zero-order valence-corrected chi connectivity index (χ0v) is 11.6. The quantitative estimate of drug-likeness (QED) is 0.782. The maximum atomic E-state index is 9.62. The highest BCUT2D eigenvalue weighted by Gasteiger charge is 2.35. The van der Waals surface area contributed by atoms with Gasteiger partial charge in [0.05, 0.1) is 12.7 Å². The molecule has 0 aromatic carbocycles. The van der Waals surface area contributed by atoms with E-state index >= 15 is 0 Å². The van der Waals surface area contributed by atoms with Crippen LogP contribution in [-0.2, 0) is 4.74 Å². The van der Waals surface area contributed by atoms with Gasteiger partial charge in [-0.15, -0.1) is 0 Å². The minimum Gasteiger partial charge on any atom is -0.393 e. The van der Waals surface area contributed by atoms with E-state index < -0.39 is 0 Å². The van der Waals surface area contributed by atoms with Crippen molar-refractivity contribution in [1.29, 1.82) is 0 Å². The summed E-state index contributed by atoms with van der Waals surface area (Å²) in [6.45, 7) is 7.61. The molecular formula is C14H28N2O2. The average Bonchev–Trinajstić information content (AvgIpc) is 2.40. The van der Waals surface area contributed by atoms with Gasteiger partial charge >= 0.3 is 0 Å². The summed E-state index contributed by atoms with van der Waals surface area (Å²) in [6, 6.07) is 0. The van der Waals surface area contributed by atoms with E-state index in [1.807, 2.05) is 6.92 Å². The second kappa shape index (κ2) is 6.33. The maximum Gasteiger partial charge on any atom is 0.0546 e. The molecule has 0 bridgehead atoms. The molecule has 2 unspecified atom stereocenters. The predicted molar refractivity (Wildman–Crippen MR) is 72.4 cm³/mol. The lowest BCUT2D eigenvalue weighted by Crippen LogP contribution is -2.50. The molecule has 0 aromatic heterocycles. The lowest BCUT2D eigenvalue weighted by molar-refractivity contribution is -0.0303. The molecular weight excluding hydrogens is 228 g/mol. The van der Waals surface area contributed by atoms with Gasteiger partial charge in [-0.25, -0.2) is 0 Å². The third-order valence-electron chi connectivity index (χ3n) is 4.71. The Labute approximate surface area is 110 Å². The monoisotopic (exact) mass is 256 g/mol. The van der Waals surface area contributed by atoms with E-state index in [2.05, 4.69) is 4.90 Å². The summed E-state index contributed by atoms with van der Waals surface area (Å²) in [6.07, 6.45) is 4.40. The van der Waals surface area contributed by atoms with Crippen molar-refractivity contribution in [2.24, 2.45) is 17.1 Å². The summed E-state index contributed by atoms with van der Waals surface area (Å²) in [4.78, 5) is 2.51. The van der Waals surface area contributed by atoms with Gasteiger partial charge in [-0.2, -0.15) is 0 Å². The summed E-state index contributed by atoms with van der Waals surface area (Å²) < 4.78 is 5.63. The fraction of sp³-hybridized carbons (Fsp3) is 1.00. The zero-order chi connectivity index (χ0) is 13.0. The van der Waals surface area contributed by atoms with Crippen LogP contribution >= 0.6 is 0 Å². The van der Waals surface area contributed by atoms with Crippen LogP contribution in [0.4, 0.5) is 0 Å². The van der Waals surface area contributed by atoms with Crippen molar-refractivity contribution in [1.82, 2.24) is 4.90 Å². The number of ether oxygens (including phenoxy) is 1. The van der Waals surface area contributed by atoms with Gasteiger partial charge in [-0.05, 0) is 51.6 Å². The van der Waals surface area contributed by atoms with Crippen molar-refractivity contribution in [2.75, 3.05) is 39.4 Å². The molecule has 4 heteroatoms. The standard InChI is InChI=1S/C14H28N2O2/c1-12(17)13-3-6-16(7-4-13)10-14(9-15)5-2-8-18-11-14/h12-13,17H,2-11,15H2,1H3. The molecule has 2 atom stereocenters. The fourth-order valence-corrected chi connectivity index (χ4v) is 3.33. The van der Waals surface area contributed by atoms with Crippen molar-refractivity contribution in [2.45, 2.75) is 38.7 Å². The summed E-state index contributed by atoms with van der Waals surface area (Å²) >= 11 is 0. The van der Waals surface area contributed by atoms with Crippen LogP contribution in [0.2, 0.25) is 0 Å². The number of piperidine rings is 1. The summed E-state index contributed by atoms with van der Waals surface area (Å²) in [5.41, 5.74) is 6.16. The van der Waals surface area contributed by atoms with Crippen molar-refractivity contribution in [3.8, 4) is 0 Å². The first kappa shape index (κ1) is 14.3. The van der Waals surface area contributed by atoms with Gasteiger partial charge in [0.1, 0.15) is 0 Å². The second-order valence-corrected chi connectivity index (χ2v) is 6.21. The highest BCUT2D eigenvalue weighted by Crippen LogP contribution is 2.30. The Bertz CT molecular complexity index is 244.